The topological polar surface area (TPSA) is 68.3 Å². The second kappa shape index (κ2) is 6.09. The molecule has 3 rings (SSSR count). The van der Waals surface area contributed by atoms with Gasteiger partial charge >= 0.3 is 0 Å². The van der Waals surface area contributed by atoms with Crippen LogP contribution in [0.4, 0.5) is 0 Å². The van der Waals surface area contributed by atoms with Gasteiger partial charge in [0.25, 0.3) is 5.91 Å². The molecule has 6 heteroatoms. The van der Waals surface area contributed by atoms with E-state index in [2.05, 4.69) is 15.9 Å². The number of primary amides is 1. The van der Waals surface area contributed by atoms with Crippen LogP contribution in [-0.4, -0.2) is 33.9 Å². The summed E-state index contributed by atoms with van der Waals surface area (Å²) in [6.07, 6.45) is 2.79. The molecule has 1 aromatic carbocycles. The zero-order valence-corrected chi connectivity index (χ0v) is 15.6. The number of nitrogens with zero attached hydrogens (tertiary/aromatic N) is 2. The van der Waals surface area contributed by atoms with Crippen LogP contribution in [0.25, 0.3) is 5.69 Å². The Morgan fingerprint density at radius 2 is 2.04 bits per heavy atom. The maximum Gasteiger partial charge on any atom is 0.256 e. The highest BCUT2D eigenvalue weighted by molar-refractivity contribution is 9.10. The summed E-state index contributed by atoms with van der Waals surface area (Å²) in [5.41, 5.74) is 9.49. The van der Waals surface area contributed by atoms with Crippen molar-refractivity contribution in [2.45, 2.75) is 33.2 Å². The zero-order chi connectivity index (χ0) is 17.6. The van der Waals surface area contributed by atoms with E-state index in [0.29, 0.717) is 16.6 Å². The van der Waals surface area contributed by atoms with E-state index in [4.69, 9.17) is 5.73 Å². The molecule has 1 aliphatic heterocycles. The van der Waals surface area contributed by atoms with Crippen molar-refractivity contribution < 1.29 is 9.59 Å². The molecule has 1 aliphatic rings. The number of aromatic nitrogens is 1. The molecule has 0 bridgehead atoms. The van der Waals surface area contributed by atoms with Crippen LogP contribution in [-0.2, 0) is 6.42 Å². The van der Waals surface area contributed by atoms with Gasteiger partial charge in [0.15, 0.2) is 0 Å². The van der Waals surface area contributed by atoms with Gasteiger partial charge in [-0.05, 0) is 60.5 Å². The number of amides is 2. The fourth-order valence-corrected chi connectivity index (χ4v) is 3.83. The van der Waals surface area contributed by atoms with Gasteiger partial charge in [0, 0.05) is 41.1 Å². The predicted octanol–water partition coefficient (Wildman–Crippen LogP) is 3.05. The standard InChI is InChI=1S/C18H20BrN3O2/c1-10(2)21-7-6-15-16(18(21)24)11(3)9-22(15)12-4-5-13(17(20)23)14(19)8-12/h4-5,8-10H,6-7H2,1-3H3,(H2,20,23). The third-order valence-electron chi connectivity index (χ3n) is 4.48. The van der Waals surface area contributed by atoms with Gasteiger partial charge in [-0.3, -0.25) is 9.59 Å². The third-order valence-corrected chi connectivity index (χ3v) is 5.14. The average Bonchev–Trinajstić information content (AvgIpc) is 2.84. The van der Waals surface area contributed by atoms with E-state index in [1.807, 2.05) is 48.6 Å². The first kappa shape index (κ1) is 16.8. The van der Waals surface area contributed by atoms with Gasteiger partial charge < -0.3 is 15.2 Å². The summed E-state index contributed by atoms with van der Waals surface area (Å²) in [5, 5.41) is 0. The largest absolute Gasteiger partial charge is 0.366 e. The van der Waals surface area contributed by atoms with Crippen LogP contribution in [0.1, 0.15) is 45.8 Å². The summed E-state index contributed by atoms with van der Waals surface area (Å²) in [6, 6.07) is 5.61. The van der Waals surface area contributed by atoms with Crippen molar-refractivity contribution in [1.29, 1.82) is 0 Å². The quantitative estimate of drug-likeness (QED) is 0.876. The molecule has 0 atom stereocenters. The highest BCUT2D eigenvalue weighted by atomic mass is 79.9. The number of nitrogens with two attached hydrogens (primary N) is 1. The summed E-state index contributed by atoms with van der Waals surface area (Å²) in [6.45, 7) is 6.75. The highest BCUT2D eigenvalue weighted by Gasteiger charge is 2.30. The maximum atomic E-state index is 12.8. The van der Waals surface area contributed by atoms with Gasteiger partial charge in [0.05, 0.1) is 11.1 Å². The lowest BCUT2D eigenvalue weighted by molar-refractivity contribution is 0.0686. The molecule has 126 valence electrons. The van der Waals surface area contributed by atoms with Crippen molar-refractivity contribution in [1.82, 2.24) is 9.47 Å². The third kappa shape index (κ3) is 2.65. The number of carbonyl (C=O) groups excluding carboxylic acids is 2. The van der Waals surface area contributed by atoms with E-state index in [-0.39, 0.29) is 11.9 Å². The van der Waals surface area contributed by atoms with E-state index in [9.17, 15) is 9.59 Å². The van der Waals surface area contributed by atoms with Gasteiger partial charge in [-0.25, -0.2) is 0 Å². The molecule has 0 spiro atoms. The molecular formula is C18H20BrN3O2. The minimum absolute atomic E-state index is 0.0929. The van der Waals surface area contributed by atoms with Crippen LogP contribution in [0.5, 0.6) is 0 Å². The Bertz CT molecular complexity index is 839. The molecule has 24 heavy (non-hydrogen) atoms. The molecule has 0 unspecified atom stereocenters. The highest BCUT2D eigenvalue weighted by Crippen LogP contribution is 2.29. The minimum atomic E-state index is -0.470. The van der Waals surface area contributed by atoms with E-state index in [0.717, 1.165) is 28.9 Å². The lowest BCUT2D eigenvalue weighted by Crippen LogP contribution is -2.42. The first-order chi connectivity index (χ1) is 11.3. The second-order valence-corrected chi connectivity index (χ2v) is 7.23. The molecule has 0 saturated heterocycles. The van der Waals surface area contributed by atoms with E-state index < -0.39 is 5.91 Å². The van der Waals surface area contributed by atoms with Crippen molar-refractivity contribution in [3.05, 3.63) is 51.3 Å². The smallest absolute Gasteiger partial charge is 0.256 e. The van der Waals surface area contributed by atoms with Crippen LogP contribution >= 0.6 is 15.9 Å². The van der Waals surface area contributed by atoms with Gasteiger partial charge in [-0.2, -0.15) is 0 Å². The second-order valence-electron chi connectivity index (χ2n) is 6.37. The van der Waals surface area contributed by atoms with Crippen LogP contribution in [0.3, 0.4) is 0 Å². The normalized spacial score (nSPS) is 14.2. The number of rotatable bonds is 3. The van der Waals surface area contributed by atoms with Crippen molar-refractivity contribution in [2.75, 3.05) is 6.54 Å². The summed E-state index contributed by atoms with van der Waals surface area (Å²) < 4.78 is 2.69. The van der Waals surface area contributed by atoms with Gasteiger partial charge in [-0.15, -0.1) is 0 Å². The molecule has 0 radical (unpaired) electrons. The van der Waals surface area contributed by atoms with Crippen LogP contribution in [0.2, 0.25) is 0 Å². The molecule has 2 N–H and O–H groups in total. The lowest BCUT2D eigenvalue weighted by atomic mass is 10.0. The Kier molecular flexibility index (Phi) is 4.25. The molecule has 0 fully saturated rings. The average molecular weight is 390 g/mol. The van der Waals surface area contributed by atoms with Crippen LogP contribution in [0, 0.1) is 6.92 Å². The summed E-state index contributed by atoms with van der Waals surface area (Å²) in [4.78, 5) is 26.1. The van der Waals surface area contributed by atoms with E-state index in [1.165, 1.54) is 0 Å². The number of fused-ring (bicyclic) bond motifs is 1. The van der Waals surface area contributed by atoms with Crippen LogP contribution in [0.15, 0.2) is 28.9 Å². The predicted molar refractivity (Wildman–Crippen MR) is 96.6 cm³/mol. The first-order valence-corrected chi connectivity index (χ1v) is 8.72. The number of carbonyl (C=O) groups is 2. The Morgan fingerprint density at radius 3 is 2.62 bits per heavy atom. The van der Waals surface area contributed by atoms with Crippen molar-refractivity contribution in [3.8, 4) is 5.69 Å². The van der Waals surface area contributed by atoms with E-state index >= 15 is 0 Å². The molecule has 2 amide bonds. The number of halogens is 1. The van der Waals surface area contributed by atoms with Crippen LogP contribution < -0.4 is 5.73 Å². The number of hydrogen-bond donors (Lipinski definition) is 1. The molecule has 1 aromatic heterocycles. The maximum absolute atomic E-state index is 12.8. The first-order valence-electron chi connectivity index (χ1n) is 7.92. The monoisotopic (exact) mass is 389 g/mol. The SMILES string of the molecule is Cc1cn(-c2ccc(C(N)=O)c(Br)c2)c2c1C(=O)N(C(C)C)CC2. The lowest BCUT2D eigenvalue weighted by Gasteiger charge is -2.31. The molecule has 5 nitrogen and oxygen atoms in total. The van der Waals surface area contributed by atoms with E-state index in [1.54, 1.807) is 6.07 Å². The Hall–Kier alpha value is -2.08. The summed E-state index contributed by atoms with van der Waals surface area (Å²) >= 11 is 3.40. The molecule has 0 saturated carbocycles. The van der Waals surface area contributed by atoms with Crippen molar-refractivity contribution in [2.24, 2.45) is 5.73 Å². The summed E-state index contributed by atoms with van der Waals surface area (Å²) in [7, 11) is 0. The Balaban J connectivity index is 2.08. The fraction of sp³-hybridized carbons (Fsp3) is 0.333. The number of benzene rings is 1. The molecular weight excluding hydrogens is 370 g/mol. The van der Waals surface area contributed by atoms with Crippen molar-refractivity contribution >= 4 is 27.7 Å². The number of hydrogen-bond acceptors (Lipinski definition) is 2. The van der Waals surface area contributed by atoms with Crippen molar-refractivity contribution in [3.63, 3.8) is 0 Å². The van der Waals surface area contributed by atoms with Gasteiger partial charge in [0.1, 0.15) is 0 Å². The zero-order valence-electron chi connectivity index (χ0n) is 14.0. The van der Waals surface area contributed by atoms with Gasteiger partial charge in [0.2, 0.25) is 5.91 Å². The number of aryl methyl sites for hydroxylation is 1. The minimum Gasteiger partial charge on any atom is -0.366 e. The Morgan fingerprint density at radius 1 is 1.33 bits per heavy atom. The van der Waals surface area contributed by atoms with Gasteiger partial charge in [-0.1, -0.05) is 0 Å². The summed E-state index contributed by atoms with van der Waals surface area (Å²) in [5.74, 6) is -0.378. The Labute approximate surface area is 149 Å². The fourth-order valence-electron chi connectivity index (χ4n) is 3.27. The molecule has 2 aromatic rings. The molecule has 2 heterocycles. The molecule has 0 aliphatic carbocycles.